The number of hydrogen-bond acceptors (Lipinski definition) is 1. The van der Waals surface area contributed by atoms with Crippen LogP contribution in [0.3, 0.4) is 0 Å². The minimum atomic E-state index is -0.618. The van der Waals surface area contributed by atoms with Crippen LogP contribution in [0.15, 0.2) is 22.7 Å². The lowest BCUT2D eigenvalue weighted by Gasteiger charge is -2.26. The zero-order valence-corrected chi connectivity index (χ0v) is 12.2. The molecule has 0 atom stereocenters. The summed E-state index contributed by atoms with van der Waals surface area (Å²) in [6, 6.07) is 6.40. The van der Waals surface area contributed by atoms with Crippen molar-refractivity contribution in [2.45, 2.75) is 39.0 Å². The molecule has 0 amide bonds. The van der Waals surface area contributed by atoms with Gasteiger partial charge in [0.05, 0.1) is 5.92 Å². The summed E-state index contributed by atoms with van der Waals surface area (Å²) in [6.07, 6.45) is 4.85. The maximum absolute atomic E-state index is 10.9. The molecule has 3 heteroatoms. The lowest BCUT2D eigenvalue weighted by Crippen LogP contribution is -2.22. The van der Waals surface area contributed by atoms with Crippen LogP contribution in [0.5, 0.6) is 0 Å². The van der Waals surface area contributed by atoms with Crippen LogP contribution in [0.25, 0.3) is 0 Å². The summed E-state index contributed by atoms with van der Waals surface area (Å²) < 4.78 is 1.13. The van der Waals surface area contributed by atoms with E-state index in [1.54, 1.807) is 0 Å². The molecule has 0 aliphatic heterocycles. The Labute approximate surface area is 117 Å². The summed E-state index contributed by atoms with van der Waals surface area (Å²) in [5.41, 5.74) is 2.72. The number of aliphatic carboxylic acids is 1. The molecule has 1 aromatic rings. The first-order valence-corrected chi connectivity index (χ1v) is 7.33. The highest BCUT2D eigenvalue weighted by Crippen LogP contribution is 2.32. The number of carboxylic acids is 1. The minimum Gasteiger partial charge on any atom is -0.481 e. The smallest absolute Gasteiger partial charge is 0.306 e. The maximum Gasteiger partial charge on any atom is 0.306 e. The summed E-state index contributed by atoms with van der Waals surface area (Å²) in [5.74, 6) is -0.0782. The van der Waals surface area contributed by atoms with E-state index in [0.717, 1.165) is 36.6 Å². The average Bonchev–Trinajstić information content (AvgIpc) is 2.34. The summed E-state index contributed by atoms with van der Waals surface area (Å²) in [4.78, 5) is 10.9. The van der Waals surface area contributed by atoms with Crippen molar-refractivity contribution in [1.82, 2.24) is 0 Å². The van der Waals surface area contributed by atoms with Crippen molar-refractivity contribution in [2.75, 3.05) is 0 Å². The van der Waals surface area contributed by atoms with Crippen LogP contribution in [0, 0.1) is 18.8 Å². The Balaban J connectivity index is 1.95. The predicted molar refractivity (Wildman–Crippen MR) is 75.7 cm³/mol. The second kappa shape index (κ2) is 5.87. The number of halogens is 1. The third kappa shape index (κ3) is 3.35. The Bertz CT molecular complexity index is 434. The van der Waals surface area contributed by atoms with E-state index < -0.39 is 5.97 Å². The molecule has 0 heterocycles. The maximum atomic E-state index is 10.9. The fourth-order valence-electron chi connectivity index (χ4n) is 2.78. The van der Waals surface area contributed by atoms with Crippen LogP contribution < -0.4 is 0 Å². The van der Waals surface area contributed by atoms with Crippen molar-refractivity contribution in [3.8, 4) is 0 Å². The molecule has 1 saturated carbocycles. The van der Waals surface area contributed by atoms with E-state index in [0.29, 0.717) is 5.92 Å². The van der Waals surface area contributed by atoms with Gasteiger partial charge in [-0.2, -0.15) is 0 Å². The fourth-order valence-corrected chi connectivity index (χ4v) is 3.19. The molecule has 2 rings (SSSR count). The number of carboxylic acid groups (broad SMARTS) is 1. The molecular formula is C15H19BrO2. The fraction of sp³-hybridized carbons (Fsp3) is 0.533. The molecule has 0 spiro atoms. The van der Waals surface area contributed by atoms with Gasteiger partial charge in [0.25, 0.3) is 0 Å². The van der Waals surface area contributed by atoms with Gasteiger partial charge in [-0.15, -0.1) is 0 Å². The molecule has 0 saturated heterocycles. The summed E-state index contributed by atoms with van der Waals surface area (Å²) >= 11 is 3.51. The second-order valence-electron chi connectivity index (χ2n) is 5.33. The predicted octanol–water partition coefficient (Wildman–Crippen LogP) is 4.19. The molecular weight excluding hydrogens is 292 g/mol. The molecule has 1 aliphatic rings. The van der Waals surface area contributed by atoms with Crippen LogP contribution in [-0.4, -0.2) is 11.1 Å². The van der Waals surface area contributed by atoms with Crippen molar-refractivity contribution in [2.24, 2.45) is 11.8 Å². The minimum absolute atomic E-state index is 0.107. The SMILES string of the molecule is Cc1ccc(Br)cc1CC1CCC(C(=O)O)CC1. The van der Waals surface area contributed by atoms with Crippen LogP contribution in [0.4, 0.5) is 0 Å². The van der Waals surface area contributed by atoms with Crippen molar-refractivity contribution in [1.29, 1.82) is 0 Å². The second-order valence-corrected chi connectivity index (χ2v) is 6.25. The van der Waals surface area contributed by atoms with Crippen molar-refractivity contribution < 1.29 is 9.90 Å². The lowest BCUT2D eigenvalue weighted by atomic mass is 9.79. The van der Waals surface area contributed by atoms with E-state index in [1.807, 2.05) is 0 Å². The Morgan fingerprint density at radius 2 is 2.00 bits per heavy atom. The van der Waals surface area contributed by atoms with Crippen LogP contribution in [0.1, 0.15) is 36.8 Å². The van der Waals surface area contributed by atoms with E-state index in [-0.39, 0.29) is 5.92 Å². The molecule has 2 nitrogen and oxygen atoms in total. The van der Waals surface area contributed by atoms with Gasteiger partial charge in [-0.25, -0.2) is 0 Å². The molecule has 0 unspecified atom stereocenters. The van der Waals surface area contributed by atoms with E-state index in [4.69, 9.17) is 5.11 Å². The zero-order chi connectivity index (χ0) is 13.1. The van der Waals surface area contributed by atoms with Gasteiger partial charge in [-0.3, -0.25) is 4.79 Å². The Morgan fingerprint density at radius 1 is 1.33 bits per heavy atom. The van der Waals surface area contributed by atoms with Gasteiger partial charge in [-0.1, -0.05) is 22.0 Å². The molecule has 18 heavy (non-hydrogen) atoms. The topological polar surface area (TPSA) is 37.3 Å². The first-order chi connectivity index (χ1) is 8.56. The molecule has 1 fully saturated rings. The zero-order valence-electron chi connectivity index (χ0n) is 10.7. The first kappa shape index (κ1) is 13.6. The van der Waals surface area contributed by atoms with Crippen LogP contribution >= 0.6 is 15.9 Å². The molecule has 1 N–H and O–H groups in total. The van der Waals surface area contributed by atoms with E-state index in [2.05, 4.69) is 41.1 Å². The van der Waals surface area contributed by atoms with Crippen LogP contribution in [0.2, 0.25) is 0 Å². The largest absolute Gasteiger partial charge is 0.481 e. The molecule has 98 valence electrons. The van der Waals surface area contributed by atoms with Gasteiger partial charge in [0.2, 0.25) is 0 Å². The van der Waals surface area contributed by atoms with Gasteiger partial charge in [0.15, 0.2) is 0 Å². The van der Waals surface area contributed by atoms with Gasteiger partial charge in [0, 0.05) is 4.47 Å². The quantitative estimate of drug-likeness (QED) is 0.909. The molecule has 0 radical (unpaired) electrons. The number of hydrogen-bond donors (Lipinski definition) is 1. The Morgan fingerprint density at radius 3 is 2.61 bits per heavy atom. The molecule has 1 aromatic carbocycles. The van der Waals surface area contributed by atoms with E-state index in [1.165, 1.54) is 11.1 Å². The normalized spacial score (nSPS) is 23.9. The van der Waals surface area contributed by atoms with E-state index >= 15 is 0 Å². The van der Waals surface area contributed by atoms with Gasteiger partial charge in [-0.05, 0) is 68.2 Å². The number of benzene rings is 1. The standard InChI is InChI=1S/C15H19BrO2/c1-10-2-7-14(16)9-13(10)8-11-3-5-12(6-4-11)15(17)18/h2,7,9,11-12H,3-6,8H2,1H3,(H,17,18). The number of aryl methyl sites for hydroxylation is 1. The van der Waals surface area contributed by atoms with Gasteiger partial charge >= 0.3 is 5.97 Å². The third-order valence-corrected chi connectivity index (χ3v) is 4.51. The molecule has 0 aromatic heterocycles. The molecule has 1 aliphatic carbocycles. The van der Waals surface area contributed by atoms with Gasteiger partial charge < -0.3 is 5.11 Å². The van der Waals surface area contributed by atoms with E-state index in [9.17, 15) is 4.79 Å². The summed E-state index contributed by atoms with van der Waals surface area (Å²) in [5, 5.41) is 8.99. The number of carbonyl (C=O) groups is 1. The summed E-state index contributed by atoms with van der Waals surface area (Å²) in [6.45, 7) is 2.14. The van der Waals surface area contributed by atoms with Crippen molar-refractivity contribution >= 4 is 21.9 Å². The lowest BCUT2D eigenvalue weighted by molar-refractivity contribution is -0.143. The highest BCUT2D eigenvalue weighted by molar-refractivity contribution is 9.10. The molecule has 0 bridgehead atoms. The monoisotopic (exact) mass is 310 g/mol. The average molecular weight is 311 g/mol. The highest BCUT2D eigenvalue weighted by atomic mass is 79.9. The Hall–Kier alpha value is -0.830. The Kier molecular flexibility index (Phi) is 4.44. The third-order valence-electron chi connectivity index (χ3n) is 4.02. The summed E-state index contributed by atoms with van der Waals surface area (Å²) in [7, 11) is 0. The first-order valence-electron chi connectivity index (χ1n) is 6.54. The van der Waals surface area contributed by atoms with Crippen LogP contribution in [-0.2, 0) is 11.2 Å². The van der Waals surface area contributed by atoms with Crippen molar-refractivity contribution in [3.05, 3.63) is 33.8 Å². The highest BCUT2D eigenvalue weighted by Gasteiger charge is 2.26. The van der Waals surface area contributed by atoms with Gasteiger partial charge in [0.1, 0.15) is 0 Å². The van der Waals surface area contributed by atoms with Crippen molar-refractivity contribution in [3.63, 3.8) is 0 Å². The number of rotatable bonds is 3.